The Balaban J connectivity index is 3.78. The number of aliphatic carboxylic acids is 1. The highest BCUT2D eigenvalue weighted by atomic mass is 16.5. The first-order valence-electron chi connectivity index (χ1n) is 10.0. The van der Waals surface area contributed by atoms with E-state index in [1.165, 1.54) is 44.9 Å². The first-order chi connectivity index (χ1) is 11.6. The van der Waals surface area contributed by atoms with Gasteiger partial charge in [-0.05, 0) is 19.3 Å². The molecule has 1 N–H and O–H groups in total. The highest BCUT2D eigenvalue weighted by Gasteiger charge is 2.17. The summed E-state index contributed by atoms with van der Waals surface area (Å²) >= 11 is 0. The molecule has 0 aliphatic carbocycles. The van der Waals surface area contributed by atoms with Gasteiger partial charge in [-0.15, -0.1) is 0 Å². The van der Waals surface area contributed by atoms with E-state index in [1.807, 2.05) is 0 Å². The summed E-state index contributed by atoms with van der Waals surface area (Å²) in [4.78, 5) is 22.7. The highest BCUT2D eigenvalue weighted by Crippen LogP contribution is 2.15. The Morgan fingerprint density at radius 2 is 1.29 bits per heavy atom. The Labute approximate surface area is 148 Å². The lowest BCUT2D eigenvalue weighted by molar-refractivity contribution is -0.153. The van der Waals surface area contributed by atoms with Crippen LogP contribution in [0.25, 0.3) is 0 Å². The van der Waals surface area contributed by atoms with E-state index in [9.17, 15) is 9.59 Å². The fourth-order valence-corrected chi connectivity index (χ4v) is 2.84. The zero-order chi connectivity index (χ0) is 18.0. The lowest BCUT2D eigenvalue weighted by atomic mass is 10.0. The lowest BCUT2D eigenvalue weighted by Crippen LogP contribution is -2.21. The molecule has 0 aliphatic heterocycles. The van der Waals surface area contributed by atoms with Gasteiger partial charge in [0, 0.05) is 6.42 Å². The minimum atomic E-state index is -0.891. The van der Waals surface area contributed by atoms with Crippen LogP contribution in [0.5, 0.6) is 0 Å². The van der Waals surface area contributed by atoms with Crippen LogP contribution in [0.2, 0.25) is 0 Å². The maximum Gasteiger partial charge on any atom is 0.307 e. The maximum atomic E-state index is 11.8. The minimum Gasteiger partial charge on any atom is -0.481 e. The van der Waals surface area contributed by atoms with Gasteiger partial charge in [0.05, 0.1) is 6.42 Å². The van der Waals surface area contributed by atoms with Crippen molar-refractivity contribution in [2.75, 3.05) is 0 Å². The van der Waals surface area contributed by atoms with E-state index in [0.29, 0.717) is 12.8 Å². The van der Waals surface area contributed by atoms with Crippen molar-refractivity contribution in [1.82, 2.24) is 0 Å². The summed E-state index contributed by atoms with van der Waals surface area (Å²) < 4.78 is 5.36. The summed E-state index contributed by atoms with van der Waals surface area (Å²) in [7, 11) is 0. The van der Waals surface area contributed by atoms with Crippen molar-refractivity contribution in [1.29, 1.82) is 0 Å². The Kier molecular flexibility index (Phi) is 16.0. The van der Waals surface area contributed by atoms with Crippen molar-refractivity contribution >= 4 is 11.9 Å². The van der Waals surface area contributed by atoms with Crippen molar-refractivity contribution in [2.45, 2.75) is 116 Å². The second kappa shape index (κ2) is 16.8. The molecule has 0 aromatic heterocycles. The number of carbonyl (C=O) groups excluding carboxylic acids is 1. The molecule has 0 amide bonds. The van der Waals surface area contributed by atoms with E-state index in [-0.39, 0.29) is 12.4 Å². The van der Waals surface area contributed by atoms with Crippen LogP contribution >= 0.6 is 0 Å². The summed E-state index contributed by atoms with van der Waals surface area (Å²) in [6.45, 7) is 4.31. The van der Waals surface area contributed by atoms with Gasteiger partial charge in [-0.1, -0.05) is 78.1 Å². The fraction of sp³-hybridized carbons (Fsp3) is 0.900. The Hall–Kier alpha value is -1.06. The van der Waals surface area contributed by atoms with Gasteiger partial charge in [0.15, 0.2) is 0 Å². The predicted molar refractivity (Wildman–Crippen MR) is 98.1 cm³/mol. The molecule has 1 atom stereocenters. The molecule has 142 valence electrons. The number of hydrogen-bond donors (Lipinski definition) is 1. The number of hydrogen-bond acceptors (Lipinski definition) is 3. The first kappa shape index (κ1) is 22.9. The van der Waals surface area contributed by atoms with Gasteiger partial charge in [0.25, 0.3) is 0 Å². The van der Waals surface area contributed by atoms with Crippen molar-refractivity contribution in [2.24, 2.45) is 0 Å². The van der Waals surface area contributed by atoms with Gasteiger partial charge in [0.1, 0.15) is 6.10 Å². The SMILES string of the molecule is CCCCCCCCCCCC(CC(=O)O)OC(=O)CCCCC. The molecule has 4 nitrogen and oxygen atoms in total. The van der Waals surface area contributed by atoms with Crippen LogP contribution in [0.4, 0.5) is 0 Å². The zero-order valence-corrected chi connectivity index (χ0v) is 15.9. The summed E-state index contributed by atoms with van der Waals surface area (Å²) in [5.41, 5.74) is 0. The Morgan fingerprint density at radius 1 is 0.792 bits per heavy atom. The van der Waals surface area contributed by atoms with Crippen LogP contribution < -0.4 is 0 Å². The third-order valence-corrected chi connectivity index (χ3v) is 4.31. The normalized spacial score (nSPS) is 12.1. The monoisotopic (exact) mass is 342 g/mol. The highest BCUT2D eigenvalue weighted by molar-refractivity contribution is 5.71. The van der Waals surface area contributed by atoms with Crippen molar-refractivity contribution in [3.8, 4) is 0 Å². The molecule has 4 heteroatoms. The molecule has 1 unspecified atom stereocenters. The number of carboxylic acids is 1. The second-order valence-corrected chi connectivity index (χ2v) is 6.78. The van der Waals surface area contributed by atoms with Crippen LogP contribution in [-0.4, -0.2) is 23.1 Å². The summed E-state index contributed by atoms with van der Waals surface area (Å²) in [6.07, 6.45) is 14.5. The number of rotatable bonds is 17. The van der Waals surface area contributed by atoms with E-state index in [1.54, 1.807) is 0 Å². The van der Waals surface area contributed by atoms with E-state index in [4.69, 9.17) is 9.84 Å². The number of carbonyl (C=O) groups is 2. The molecule has 24 heavy (non-hydrogen) atoms. The van der Waals surface area contributed by atoms with Gasteiger partial charge in [-0.3, -0.25) is 9.59 Å². The molecule has 0 saturated heterocycles. The minimum absolute atomic E-state index is 0.0729. The van der Waals surface area contributed by atoms with Gasteiger partial charge in [-0.2, -0.15) is 0 Å². The summed E-state index contributed by atoms with van der Waals surface area (Å²) in [5, 5.41) is 8.96. The lowest BCUT2D eigenvalue weighted by Gasteiger charge is -2.16. The van der Waals surface area contributed by atoms with Crippen LogP contribution in [0.3, 0.4) is 0 Å². The average molecular weight is 343 g/mol. The third-order valence-electron chi connectivity index (χ3n) is 4.31. The molecule has 0 rings (SSSR count). The van der Waals surface area contributed by atoms with Gasteiger partial charge < -0.3 is 9.84 Å². The molecule has 0 radical (unpaired) electrons. The average Bonchev–Trinajstić information content (AvgIpc) is 2.53. The maximum absolute atomic E-state index is 11.8. The van der Waals surface area contributed by atoms with E-state index in [2.05, 4.69) is 13.8 Å². The predicted octanol–water partition coefficient (Wildman–Crippen LogP) is 5.87. The van der Waals surface area contributed by atoms with Crippen molar-refractivity contribution in [3.05, 3.63) is 0 Å². The molecular weight excluding hydrogens is 304 g/mol. The molecule has 0 heterocycles. The van der Waals surface area contributed by atoms with E-state index in [0.717, 1.165) is 32.1 Å². The number of esters is 1. The van der Waals surface area contributed by atoms with Crippen LogP contribution in [0.1, 0.15) is 110 Å². The number of ether oxygens (including phenoxy) is 1. The Morgan fingerprint density at radius 3 is 1.83 bits per heavy atom. The van der Waals surface area contributed by atoms with E-state index >= 15 is 0 Å². The second-order valence-electron chi connectivity index (χ2n) is 6.78. The first-order valence-corrected chi connectivity index (χ1v) is 10.0. The smallest absolute Gasteiger partial charge is 0.307 e. The molecule has 0 aromatic carbocycles. The number of carboxylic acid groups (broad SMARTS) is 1. The molecule has 0 fully saturated rings. The third kappa shape index (κ3) is 15.8. The van der Waals surface area contributed by atoms with Gasteiger partial charge >= 0.3 is 11.9 Å². The van der Waals surface area contributed by atoms with Gasteiger partial charge in [0.2, 0.25) is 0 Å². The molecule has 0 aliphatic rings. The fourth-order valence-electron chi connectivity index (χ4n) is 2.84. The Bertz CT molecular complexity index is 315. The van der Waals surface area contributed by atoms with Crippen molar-refractivity contribution in [3.63, 3.8) is 0 Å². The topological polar surface area (TPSA) is 63.6 Å². The quantitative estimate of drug-likeness (QED) is 0.265. The van der Waals surface area contributed by atoms with E-state index < -0.39 is 12.1 Å². The summed E-state index contributed by atoms with van der Waals surface area (Å²) in [5.74, 6) is -1.14. The summed E-state index contributed by atoms with van der Waals surface area (Å²) in [6, 6.07) is 0. The molecular formula is C20H38O4. The van der Waals surface area contributed by atoms with Gasteiger partial charge in [-0.25, -0.2) is 0 Å². The molecule has 0 aromatic rings. The van der Waals surface area contributed by atoms with Crippen LogP contribution in [0.15, 0.2) is 0 Å². The molecule has 0 bridgehead atoms. The molecule has 0 saturated carbocycles. The largest absolute Gasteiger partial charge is 0.481 e. The van der Waals surface area contributed by atoms with Crippen molar-refractivity contribution < 1.29 is 19.4 Å². The molecule has 0 spiro atoms. The van der Waals surface area contributed by atoms with Crippen LogP contribution in [-0.2, 0) is 14.3 Å². The van der Waals surface area contributed by atoms with Crippen LogP contribution in [0, 0.1) is 0 Å². The standard InChI is InChI=1S/C20H38O4/c1-3-5-7-8-9-10-11-12-14-15-18(17-19(21)22)24-20(23)16-13-6-4-2/h18H,3-17H2,1-2H3,(H,21,22). The zero-order valence-electron chi connectivity index (χ0n) is 15.9. The number of unbranched alkanes of at least 4 members (excludes halogenated alkanes) is 10.